The number of pyridine rings is 1. The van der Waals surface area contributed by atoms with Gasteiger partial charge in [0.2, 0.25) is 0 Å². The lowest BCUT2D eigenvalue weighted by Crippen LogP contribution is -1.97. The third-order valence-electron chi connectivity index (χ3n) is 4.80. The maximum Gasteiger partial charge on any atom is 0.172 e. The fourth-order valence-corrected chi connectivity index (χ4v) is 4.29. The molecule has 0 atom stereocenters. The molecule has 8 heteroatoms. The Balaban J connectivity index is 1.65. The lowest BCUT2D eigenvalue weighted by molar-refractivity contribution is 0.303. The summed E-state index contributed by atoms with van der Waals surface area (Å²) in [6.45, 7) is 0.115. The first-order valence-corrected chi connectivity index (χ1v) is 11.1. The van der Waals surface area contributed by atoms with Crippen molar-refractivity contribution in [2.24, 2.45) is 7.05 Å². The minimum Gasteiger partial charge on any atom is -0.396 e. The summed E-state index contributed by atoms with van der Waals surface area (Å²) in [5.74, 6) is 0. The molecule has 0 spiro atoms. The topological polar surface area (TPSA) is 86.8 Å². The lowest BCUT2D eigenvalue weighted by Gasteiger charge is -2.13. The quantitative estimate of drug-likeness (QED) is 0.362. The Kier molecular flexibility index (Phi) is 6.76. The first-order valence-electron chi connectivity index (χ1n) is 9.91. The highest BCUT2D eigenvalue weighted by Crippen LogP contribution is 2.36. The van der Waals surface area contributed by atoms with Crippen molar-refractivity contribution in [2.45, 2.75) is 16.5 Å². The Morgan fingerprint density at radius 2 is 2.12 bits per heavy atom. The molecule has 0 aliphatic carbocycles. The highest BCUT2D eigenvalue weighted by atomic mass is 35.5. The van der Waals surface area contributed by atoms with Gasteiger partial charge in [-0.2, -0.15) is 5.26 Å². The van der Waals surface area contributed by atoms with Crippen LogP contribution in [0.4, 0.5) is 11.4 Å². The van der Waals surface area contributed by atoms with Gasteiger partial charge in [0.15, 0.2) is 5.16 Å². The van der Waals surface area contributed by atoms with Gasteiger partial charge in [-0.3, -0.25) is 4.98 Å². The molecule has 0 aliphatic heterocycles. The van der Waals surface area contributed by atoms with Crippen molar-refractivity contribution in [2.75, 3.05) is 11.9 Å². The summed E-state index contributed by atoms with van der Waals surface area (Å²) in [5, 5.41) is 24.2. The number of nitriles is 1. The highest BCUT2D eigenvalue weighted by Gasteiger charge is 2.12. The normalized spacial score (nSPS) is 11.2. The van der Waals surface area contributed by atoms with Crippen molar-refractivity contribution in [3.8, 4) is 6.07 Å². The number of nitrogens with one attached hydrogen (secondary N) is 1. The van der Waals surface area contributed by atoms with Crippen LogP contribution in [0.15, 0.2) is 71.1 Å². The van der Waals surface area contributed by atoms with Crippen LogP contribution in [0.3, 0.4) is 0 Å². The van der Waals surface area contributed by atoms with Gasteiger partial charge in [-0.1, -0.05) is 47.6 Å². The molecule has 0 saturated heterocycles. The van der Waals surface area contributed by atoms with E-state index in [2.05, 4.69) is 21.4 Å². The molecule has 2 N–H and O–H groups in total. The van der Waals surface area contributed by atoms with E-state index in [4.69, 9.17) is 16.7 Å². The number of imidazole rings is 1. The highest BCUT2D eigenvalue weighted by molar-refractivity contribution is 7.99. The first kappa shape index (κ1) is 21.9. The van der Waals surface area contributed by atoms with Crippen LogP contribution in [0.1, 0.15) is 17.5 Å². The monoisotopic (exact) mass is 461 g/mol. The molecule has 4 rings (SSSR count). The van der Waals surface area contributed by atoms with Gasteiger partial charge in [0, 0.05) is 48.2 Å². The minimum atomic E-state index is 0.115. The molecule has 0 fully saturated rings. The Labute approximate surface area is 195 Å². The van der Waals surface area contributed by atoms with E-state index in [1.54, 1.807) is 12.4 Å². The predicted octanol–water partition coefficient (Wildman–Crippen LogP) is 5.78. The molecular formula is C24H20ClN5OS. The second-order valence-corrected chi connectivity index (χ2v) is 8.46. The van der Waals surface area contributed by atoms with Crippen molar-refractivity contribution in [1.82, 2.24) is 14.5 Å². The van der Waals surface area contributed by atoms with Gasteiger partial charge in [0.25, 0.3) is 0 Å². The Morgan fingerprint density at radius 3 is 2.84 bits per heavy atom. The summed E-state index contributed by atoms with van der Waals surface area (Å²) in [6.07, 6.45) is 9.66. The number of halogens is 1. The standard InChI is InChI=1S/C24H20ClN5OS/c1-30-10-9-27-24(30)32-22-8-6-18(13-20(22)25)29-23-17(14-26)15-28-21-12-16(4-2-3-11-31)5-7-19(21)23/h2,4-10,12-13,15,31H,3,11H2,1H3,(H,28,29). The van der Waals surface area contributed by atoms with Crippen LogP contribution in [-0.4, -0.2) is 26.2 Å². The number of anilines is 2. The van der Waals surface area contributed by atoms with E-state index in [1.165, 1.54) is 11.8 Å². The average molecular weight is 462 g/mol. The van der Waals surface area contributed by atoms with Crippen LogP contribution in [0.2, 0.25) is 5.02 Å². The van der Waals surface area contributed by atoms with Crippen LogP contribution in [-0.2, 0) is 7.05 Å². The van der Waals surface area contributed by atoms with Crippen LogP contribution >= 0.6 is 23.4 Å². The number of aromatic nitrogens is 3. The summed E-state index contributed by atoms with van der Waals surface area (Å²) in [4.78, 5) is 9.66. The van der Waals surface area contributed by atoms with Crippen molar-refractivity contribution in [3.63, 3.8) is 0 Å². The average Bonchev–Trinajstić information content (AvgIpc) is 3.20. The van der Waals surface area contributed by atoms with E-state index >= 15 is 0 Å². The zero-order chi connectivity index (χ0) is 22.5. The summed E-state index contributed by atoms with van der Waals surface area (Å²) in [7, 11) is 1.94. The van der Waals surface area contributed by atoms with Crippen LogP contribution < -0.4 is 5.32 Å². The van der Waals surface area contributed by atoms with Gasteiger partial charge >= 0.3 is 0 Å². The van der Waals surface area contributed by atoms with Crippen LogP contribution in [0, 0.1) is 11.3 Å². The molecule has 0 radical (unpaired) electrons. The minimum absolute atomic E-state index is 0.115. The third kappa shape index (κ3) is 4.78. The van der Waals surface area contributed by atoms with Gasteiger partial charge in [-0.15, -0.1) is 0 Å². The molecule has 2 heterocycles. The Hall–Kier alpha value is -3.31. The van der Waals surface area contributed by atoms with Gasteiger partial charge in [-0.25, -0.2) is 4.98 Å². The van der Waals surface area contributed by atoms with Gasteiger partial charge in [0.1, 0.15) is 6.07 Å². The number of aryl methyl sites for hydroxylation is 1. The molecule has 0 bridgehead atoms. The number of aliphatic hydroxyl groups is 1. The molecule has 0 unspecified atom stereocenters. The smallest absolute Gasteiger partial charge is 0.172 e. The molecule has 4 aromatic rings. The van der Waals surface area contributed by atoms with E-state index in [1.807, 2.05) is 66.4 Å². The second kappa shape index (κ2) is 9.88. The Bertz CT molecular complexity index is 1340. The van der Waals surface area contributed by atoms with Gasteiger partial charge < -0.3 is 15.0 Å². The molecule has 0 aliphatic rings. The van der Waals surface area contributed by atoms with E-state index < -0.39 is 0 Å². The summed E-state index contributed by atoms with van der Waals surface area (Å²) < 4.78 is 1.93. The van der Waals surface area contributed by atoms with Crippen LogP contribution in [0.25, 0.3) is 17.0 Å². The maximum absolute atomic E-state index is 9.62. The third-order valence-corrected chi connectivity index (χ3v) is 6.38. The molecule has 32 heavy (non-hydrogen) atoms. The fourth-order valence-electron chi connectivity index (χ4n) is 3.18. The molecule has 0 amide bonds. The van der Waals surface area contributed by atoms with E-state index in [0.29, 0.717) is 22.7 Å². The number of benzene rings is 2. The molecule has 2 aromatic heterocycles. The fraction of sp³-hybridized carbons (Fsp3) is 0.125. The van der Waals surface area contributed by atoms with Crippen molar-refractivity contribution in [3.05, 3.63) is 77.2 Å². The predicted molar refractivity (Wildman–Crippen MR) is 129 cm³/mol. The van der Waals surface area contributed by atoms with E-state index in [-0.39, 0.29) is 6.61 Å². The van der Waals surface area contributed by atoms with Crippen molar-refractivity contribution in [1.29, 1.82) is 5.26 Å². The second-order valence-electron chi connectivity index (χ2n) is 7.04. The molecule has 0 saturated carbocycles. The molecule has 6 nitrogen and oxygen atoms in total. The summed E-state index contributed by atoms with van der Waals surface area (Å²) in [5.41, 5.74) is 3.65. The lowest BCUT2D eigenvalue weighted by atomic mass is 10.1. The summed E-state index contributed by atoms with van der Waals surface area (Å²) in [6, 6.07) is 13.8. The SMILES string of the molecule is Cn1ccnc1Sc1ccc(Nc2c(C#N)cnc3cc(C=CCCO)ccc23)cc1Cl. The van der Waals surface area contributed by atoms with Gasteiger partial charge in [-0.05, 0) is 36.2 Å². The number of rotatable bonds is 7. The van der Waals surface area contributed by atoms with Crippen molar-refractivity contribution < 1.29 is 5.11 Å². The first-order chi connectivity index (χ1) is 15.6. The largest absolute Gasteiger partial charge is 0.396 e. The zero-order valence-corrected chi connectivity index (χ0v) is 18.9. The zero-order valence-electron chi connectivity index (χ0n) is 17.3. The van der Waals surface area contributed by atoms with Gasteiger partial charge in [0.05, 0.1) is 21.8 Å². The number of hydrogen-bond acceptors (Lipinski definition) is 6. The van der Waals surface area contributed by atoms with E-state index in [9.17, 15) is 5.26 Å². The molecular weight excluding hydrogens is 442 g/mol. The number of fused-ring (bicyclic) bond motifs is 1. The Morgan fingerprint density at radius 1 is 1.25 bits per heavy atom. The number of hydrogen-bond donors (Lipinski definition) is 2. The van der Waals surface area contributed by atoms with Crippen molar-refractivity contribution >= 4 is 51.7 Å². The van der Waals surface area contributed by atoms with E-state index in [0.717, 1.165) is 32.2 Å². The summed E-state index contributed by atoms with van der Waals surface area (Å²) >= 11 is 8.03. The molecule has 160 valence electrons. The maximum atomic E-state index is 9.62. The number of aliphatic hydroxyl groups excluding tert-OH is 1. The van der Waals surface area contributed by atoms with Crippen LogP contribution in [0.5, 0.6) is 0 Å². The molecule has 2 aromatic carbocycles. The number of nitrogens with zero attached hydrogens (tertiary/aromatic N) is 4.